The van der Waals surface area contributed by atoms with Crippen molar-refractivity contribution in [1.29, 1.82) is 0 Å². The summed E-state index contributed by atoms with van der Waals surface area (Å²) >= 11 is 3.42. The number of aldehydes is 1. The molecule has 1 aromatic carbocycles. The van der Waals surface area contributed by atoms with E-state index in [-0.39, 0.29) is 0 Å². The van der Waals surface area contributed by atoms with E-state index in [1.807, 2.05) is 18.2 Å². The highest BCUT2D eigenvalue weighted by atomic mass is 79.9. The molecule has 0 radical (unpaired) electrons. The van der Waals surface area contributed by atoms with E-state index in [1.165, 1.54) is 6.42 Å². The Labute approximate surface area is 119 Å². The maximum atomic E-state index is 11.2. The van der Waals surface area contributed by atoms with Gasteiger partial charge in [0.25, 0.3) is 0 Å². The molecule has 0 heterocycles. The van der Waals surface area contributed by atoms with E-state index >= 15 is 0 Å². The smallest absolute Gasteiger partial charge is 0.152 e. The normalized spacial score (nSPS) is 12.2. The van der Waals surface area contributed by atoms with Gasteiger partial charge in [0.2, 0.25) is 0 Å². The molecular formula is C15H22BrNO. The quantitative estimate of drug-likeness (QED) is 0.682. The molecule has 0 spiro atoms. The van der Waals surface area contributed by atoms with Crippen LogP contribution in [0.5, 0.6) is 0 Å². The number of hydrogen-bond donors (Lipinski definition) is 0. The van der Waals surface area contributed by atoms with Crippen molar-refractivity contribution in [3.8, 4) is 0 Å². The Hall–Kier alpha value is -0.830. The van der Waals surface area contributed by atoms with E-state index in [0.29, 0.717) is 6.04 Å². The van der Waals surface area contributed by atoms with Gasteiger partial charge in [-0.15, -0.1) is 0 Å². The van der Waals surface area contributed by atoms with Crippen LogP contribution in [0.15, 0.2) is 22.7 Å². The number of hydrogen-bond acceptors (Lipinski definition) is 2. The SMILES string of the molecule is CCCCN(c1ccc(Br)cc1C=O)C(C)CC. The number of carbonyl (C=O) groups is 1. The van der Waals surface area contributed by atoms with Gasteiger partial charge >= 0.3 is 0 Å². The molecule has 0 N–H and O–H groups in total. The van der Waals surface area contributed by atoms with Gasteiger partial charge in [-0.3, -0.25) is 4.79 Å². The van der Waals surface area contributed by atoms with Crippen molar-refractivity contribution in [2.24, 2.45) is 0 Å². The molecule has 0 bridgehead atoms. The molecule has 1 aromatic rings. The third-order valence-corrected chi connectivity index (χ3v) is 3.79. The van der Waals surface area contributed by atoms with Crippen molar-refractivity contribution in [3.05, 3.63) is 28.2 Å². The third-order valence-electron chi connectivity index (χ3n) is 3.30. The van der Waals surface area contributed by atoms with Crippen LogP contribution >= 0.6 is 15.9 Å². The van der Waals surface area contributed by atoms with E-state index in [9.17, 15) is 4.79 Å². The summed E-state index contributed by atoms with van der Waals surface area (Å²) in [5.74, 6) is 0. The lowest BCUT2D eigenvalue weighted by molar-refractivity contribution is 0.112. The Bertz CT molecular complexity index is 392. The van der Waals surface area contributed by atoms with Crippen LogP contribution in [0.25, 0.3) is 0 Å². The summed E-state index contributed by atoms with van der Waals surface area (Å²) in [4.78, 5) is 13.6. The van der Waals surface area contributed by atoms with Crippen molar-refractivity contribution < 1.29 is 4.79 Å². The van der Waals surface area contributed by atoms with Crippen LogP contribution in [0.4, 0.5) is 5.69 Å². The van der Waals surface area contributed by atoms with E-state index in [1.54, 1.807) is 0 Å². The molecule has 0 fully saturated rings. The number of rotatable bonds is 7. The fourth-order valence-corrected chi connectivity index (χ4v) is 2.39. The van der Waals surface area contributed by atoms with E-state index in [4.69, 9.17) is 0 Å². The summed E-state index contributed by atoms with van der Waals surface area (Å²) in [6.07, 6.45) is 4.35. The van der Waals surface area contributed by atoms with E-state index in [2.05, 4.69) is 41.6 Å². The molecule has 0 aliphatic heterocycles. The van der Waals surface area contributed by atoms with E-state index < -0.39 is 0 Å². The van der Waals surface area contributed by atoms with Crippen LogP contribution < -0.4 is 4.90 Å². The monoisotopic (exact) mass is 311 g/mol. The highest BCUT2D eigenvalue weighted by molar-refractivity contribution is 9.10. The van der Waals surface area contributed by atoms with Crippen molar-refractivity contribution in [1.82, 2.24) is 0 Å². The Morgan fingerprint density at radius 3 is 2.67 bits per heavy atom. The molecule has 0 saturated carbocycles. The number of carbonyl (C=O) groups excluding carboxylic acids is 1. The maximum Gasteiger partial charge on any atom is 0.152 e. The average molecular weight is 312 g/mol. The summed E-state index contributed by atoms with van der Waals surface area (Å²) < 4.78 is 0.952. The number of halogens is 1. The first-order chi connectivity index (χ1) is 8.63. The lowest BCUT2D eigenvalue weighted by Crippen LogP contribution is -2.34. The second-order valence-electron chi connectivity index (χ2n) is 4.63. The molecule has 1 unspecified atom stereocenters. The molecule has 0 saturated heterocycles. The Morgan fingerprint density at radius 2 is 2.11 bits per heavy atom. The summed E-state index contributed by atoms with van der Waals surface area (Å²) in [7, 11) is 0. The highest BCUT2D eigenvalue weighted by Crippen LogP contribution is 2.26. The topological polar surface area (TPSA) is 20.3 Å². The van der Waals surface area contributed by atoms with Gasteiger partial charge in [0, 0.05) is 28.3 Å². The molecule has 1 rings (SSSR count). The zero-order valence-electron chi connectivity index (χ0n) is 11.4. The third kappa shape index (κ3) is 3.84. The van der Waals surface area contributed by atoms with Gasteiger partial charge in [0.1, 0.15) is 0 Å². The summed E-state index contributed by atoms with van der Waals surface area (Å²) in [6, 6.07) is 6.39. The zero-order valence-corrected chi connectivity index (χ0v) is 13.0. The number of nitrogens with zero attached hydrogens (tertiary/aromatic N) is 1. The molecule has 100 valence electrons. The number of unbranched alkanes of at least 4 members (excludes halogenated alkanes) is 1. The van der Waals surface area contributed by atoms with Gasteiger partial charge in [-0.1, -0.05) is 36.2 Å². The summed E-state index contributed by atoms with van der Waals surface area (Å²) in [5, 5.41) is 0. The van der Waals surface area contributed by atoms with Crippen LogP contribution in [-0.2, 0) is 0 Å². The van der Waals surface area contributed by atoms with Gasteiger partial charge in [-0.25, -0.2) is 0 Å². The molecule has 0 aliphatic rings. The second-order valence-corrected chi connectivity index (χ2v) is 5.54. The standard InChI is InChI=1S/C15H22BrNO/c1-4-6-9-17(12(3)5-2)15-8-7-14(16)10-13(15)11-18/h7-8,10-12H,4-6,9H2,1-3H3. The van der Waals surface area contributed by atoms with Gasteiger partial charge in [-0.05, 0) is 38.0 Å². The lowest BCUT2D eigenvalue weighted by Gasteiger charge is -2.32. The molecule has 3 heteroatoms. The van der Waals surface area contributed by atoms with Crippen molar-refractivity contribution in [2.45, 2.75) is 46.1 Å². The Kier molecular flexibility index (Phi) is 6.41. The van der Waals surface area contributed by atoms with Gasteiger partial charge in [0.15, 0.2) is 6.29 Å². The summed E-state index contributed by atoms with van der Waals surface area (Å²) in [6.45, 7) is 7.60. The van der Waals surface area contributed by atoms with Crippen LogP contribution in [-0.4, -0.2) is 18.9 Å². The molecule has 0 amide bonds. The lowest BCUT2D eigenvalue weighted by atomic mass is 10.1. The minimum atomic E-state index is 0.455. The summed E-state index contributed by atoms with van der Waals surface area (Å²) in [5.41, 5.74) is 1.82. The Morgan fingerprint density at radius 1 is 1.39 bits per heavy atom. The molecule has 0 aliphatic carbocycles. The first kappa shape index (κ1) is 15.2. The second kappa shape index (κ2) is 7.57. The molecule has 0 aromatic heterocycles. The predicted molar refractivity (Wildman–Crippen MR) is 81.5 cm³/mol. The largest absolute Gasteiger partial charge is 0.368 e. The number of benzene rings is 1. The average Bonchev–Trinajstić information content (AvgIpc) is 2.39. The van der Waals surface area contributed by atoms with Crippen LogP contribution in [0.1, 0.15) is 50.4 Å². The maximum absolute atomic E-state index is 11.2. The van der Waals surface area contributed by atoms with Crippen LogP contribution in [0, 0.1) is 0 Å². The van der Waals surface area contributed by atoms with Crippen molar-refractivity contribution in [3.63, 3.8) is 0 Å². The molecule has 18 heavy (non-hydrogen) atoms. The van der Waals surface area contributed by atoms with Gasteiger partial charge in [0.05, 0.1) is 0 Å². The Balaban J connectivity index is 3.07. The van der Waals surface area contributed by atoms with Crippen molar-refractivity contribution >= 4 is 27.9 Å². The van der Waals surface area contributed by atoms with Gasteiger partial charge in [-0.2, -0.15) is 0 Å². The molecular weight excluding hydrogens is 290 g/mol. The molecule has 2 nitrogen and oxygen atoms in total. The van der Waals surface area contributed by atoms with Crippen LogP contribution in [0.2, 0.25) is 0 Å². The zero-order chi connectivity index (χ0) is 13.5. The fraction of sp³-hybridized carbons (Fsp3) is 0.533. The first-order valence-electron chi connectivity index (χ1n) is 6.65. The predicted octanol–water partition coefficient (Wildman–Crippen LogP) is 4.67. The first-order valence-corrected chi connectivity index (χ1v) is 7.44. The van der Waals surface area contributed by atoms with Crippen molar-refractivity contribution in [2.75, 3.05) is 11.4 Å². The molecule has 1 atom stereocenters. The minimum absolute atomic E-state index is 0.455. The van der Waals surface area contributed by atoms with E-state index in [0.717, 1.165) is 41.4 Å². The highest BCUT2D eigenvalue weighted by Gasteiger charge is 2.15. The fourth-order valence-electron chi connectivity index (χ4n) is 2.01. The number of anilines is 1. The van der Waals surface area contributed by atoms with Gasteiger partial charge < -0.3 is 4.90 Å². The minimum Gasteiger partial charge on any atom is -0.368 e. The van der Waals surface area contributed by atoms with Crippen LogP contribution in [0.3, 0.4) is 0 Å².